The Morgan fingerprint density at radius 3 is 2.80 bits per heavy atom. The summed E-state index contributed by atoms with van der Waals surface area (Å²) in [5, 5.41) is 15.1. The van der Waals surface area contributed by atoms with Crippen molar-refractivity contribution >= 4 is 5.84 Å². The normalized spacial score (nSPS) is 13.2. The second kappa shape index (κ2) is 6.63. The van der Waals surface area contributed by atoms with E-state index in [9.17, 15) is 0 Å². The number of hydrogen-bond donors (Lipinski definition) is 3. The van der Waals surface area contributed by atoms with Crippen LogP contribution in [0.4, 0.5) is 0 Å². The highest BCUT2D eigenvalue weighted by Gasteiger charge is 2.10. The van der Waals surface area contributed by atoms with Crippen molar-refractivity contribution in [2.45, 2.75) is 19.5 Å². The number of nitrogens with one attached hydrogen (secondary N) is 1. The van der Waals surface area contributed by atoms with Crippen LogP contribution >= 0.6 is 0 Å². The average Bonchev–Trinajstić information content (AvgIpc) is 2.53. The summed E-state index contributed by atoms with van der Waals surface area (Å²) in [5.74, 6) is 0.00730. The molecule has 4 N–H and O–H groups in total. The van der Waals surface area contributed by atoms with Gasteiger partial charge in [-0.3, -0.25) is 9.97 Å². The summed E-state index contributed by atoms with van der Waals surface area (Å²) in [5.41, 5.74) is 7.92. The van der Waals surface area contributed by atoms with Gasteiger partial charge in [0.05, 0.1) is 5.69 Å². The van der Waals surface area contributed by atoms with Crippen molar-refractivity contribution in [1.29, 1.82) is 0 Å². The van der Waals surface area contributed by atoms with Crippen LogP contribution in [-0.2, 0) is 6.54 Å². The van der Waals surface area contributed by atoms with Crippen LogP contribution in [0.25, 0.3) is 0 Å². The predicted octanol–water partition coefficient (Wildman–Crippen LogP) is 1.42. The first kappa shape index (κ1) is 14.0. The Morgan fingerprint density at radius 2 is 2.10 bits per heavy atom. The van der Waals surface area contributed by atoms with E-state index in [0.29, 0.717) is 12.2 Å². The molecule has 2 heterocycles. The molecule has 0 saturated carbocycles. The lowest BCUT2D eigenvalue weighted by Gasteiger charge is -2.14. The van der Waals surface area contributed by atoms with Gasteiger partial charge in [0, 0.05) is 25.0 Å². The maximum atomic E-state index is 8.76. The zero-order valence-corrected chi connectivity index (χ0v) is 11.2. The monoisotopic (exact) mass is 271 g/mol. The van der Waals surface area contributed by atoms with Crippen molar-refractivity contribution in [1.82, 2.24) is 15.3 Å². The van der Waals surface area contributed by atoms with E-state index in [1.165, 1.54) is 0 Å². The standard InChI is InChI=1S/C14H17N5O/c1-10(12-6-2-3-7-16-12)18-9-11-5-4-8-17-13(11)14(15)19-20/h2-8,10,18,20H,9H2,1H3,(H2,15,19)/t10-/m0/s1. The minimum absolute atomic E-state index is 0.00730. The van der Waals surface area contributed by atoms with E-state index in [1.807, 2.05) is 37.3 Å². The zero-order valence-electron chi connectivity index (χ0n) is 11.2. The van der Waals surface area contributed by atoms with Crippen LogP contribution in [0.3, 0.4) is 0 Å². The summed E-state index contributed by atoms with van der Waals surface area (Å²) in [4.78, 5) is 8.43. The minimum atomic E-state index is 0.00730. The molecule has 0 aliphatic rings. The molecule has 20 heavy (non-hydrogen) atoms. The van der Waals surface area contributed by atoms with Gasteiger partial charge in [0.2, 0.25) is 0 Å². The number of nitrogens with two attached hydrogens (primary N) is 1. The number of oxime groups is 1. The lowest BCUT2D eigenvalue weighted by Crippen LogP contribution is -2.23. The van der Waals surface area contributed by atoms with Crippen LogP contribution in [0.2, 0.25) is 0 Å². The third-order valence-electron chi connectivity index (χ3n) is 2.97. The Morgan fingerprint density at radius 1 is 1.30 bits per heavy atom. The fourth-order valence-electron chi connectivity index (χ4n) is 1.86. The molecule has 6 heteroatoms. The Bertz CT molecular complexity index is 585. The quantitative estimate of drug-likeness (QED) is 0.331. The van der Waals surface area contributed by atoms with E-state index in [-0.39, 0.29) is 11.9 Å². The number of aromatic nitrogens is 2. The highest BCUT2D eigenvalue weighted by molar-refractivity contribution is 5.96. The first-order valence-electron chi connectivity index (χ1n) is 6.28. The zero-order chi connectivity index (χ0) is 14.4. The van der Waals surface area contributed by atoms with Crippen LogP contribution in [0.5, 0.6) is 0 Å². The number of nitrogens with zero attached hydrogens (tertiary/aromatic N) is 3. The molecule has 2 aromatic rings. The number of pyridine rings is 2. The van der Waals surface area contributed by atoms with Gasteiger partial charge in [-0.15, -0.1) is 0 Å². The van der Waals surface area contributed by atoms with E-state index >= 15 is 0 Å². The summed E-state index contributed by atoms with van der Waals surface area (Å²) in [7, 11) is 0. The van der Waals surface area contributed by atoms with E-state index in [4.69, 9.17) is 10.9 Å². The fourth-order valence-corrected chi connectivity index (χ4v) is 1.86. The first-order chi connectivity index (χ1) is 9.72. The molecule has 6 nitrogen and oxygen atoms in total. The van der Waals surface area contributed by atoms with Crippen LogP contribution in [0.1, 0.15) is 29.9 Å². The lowest BCUT2D eigenvalue weighted by molar-refractivity contribution is 0.318. The van der Waals surface area contributed by atoms with Crippen LogP contribution in [-0.4, -0.2) is 21.0 Å². The Kier molecular flexibility index (Phi) is 4.62. The highest BCUT2D eigenvalue weighted by atomic mass is 16.4. The number of amidine groups is 1. The molecule has 0 amide bonds. The summed E-state index contributed by atoms with van der Waals surface area (Å²) >= 11 is 0. The fraction of sp³-hybridized carbons (Fsp3) is 0.214. The van der Waals surface area contributed by atoms with E-state index in [1.54, 1.807) is 12.4 Å². The summed E-state index contributed by atoms with van der Waals surface area (Å²) in [6, 6.07) is 9.59. The molecule has 2 aromatic heterocycles. The molecule has 104 valence electrons. The van der Waals surface area contributed by atoms with Crippen LogP contribution < -0.4 is 11.1 Å². The van der Waals surface area contributed by atoms with Gasteiger partial charge < -0.3 is 16.3 Å². The minimum Gasteiger partial charge on any atom is -0.409 e. The maximum Gasteiger partial charge on any atom is 0.189 e. The second-order valence-electron chi connectivity index (χ2n) is 4.35. The molecule has 0 aliphatic heterocycles. The largest absolute Gasteiger partial charge is 0.409 e. The van der Waals surface area contributed by atoms with Crippen LogP contribution in [0.15, 0.2) is 47.9 Å². The van der Waals surface area contributed by atoms with Crippen molar-refractivity contribution in [2.75, 3.05) is 0 Å². The predicted molar refractivity (Wildman–Crippen MR) is 76.2 cm³/mol. The van der Waals surface area contributed by atoms with E-state index in [2.05, 4.69) is 20.4 Å². The highest BCUT2D eigenvalue weighted by Crippen LogP contribution is 2.11. The third kappa shape index (κ3) is 3.30. The Balaban J connectivity index is 2.08. The molecule has 0 saturated heterocycles. The van der Waals surface area contributed by atoms with E-state index in [0.717, 1.165) is 11.3 Å². The van der Waals surface area contributed by atoms with Gasteiger partial charge in [-0.05, 0) is 30.7 Å². The lowest BCUT2D eigenvalue weighted by atomic mass is 10.1. The molecule has 1 atom stereocenters. The van der Waals surface area contributed by atoms with Crippen molar-refractivity contribution in [2.24, 2.45) is 10.9 Å². The van der Waals surface area contributed by atoms with Crippen molar-refractivity contribution in [3.8, 4) is 0 Å². The summed E-state index contributed by atoms with van der Waals surface area (Å²) in [6.45, 7) is 2.58. The van der Waals surface area contributed by atoms with Gasteiger partial charge in [-0.1, -0.05) is 17.3 Å². The molecule has 0 aliphatic carbocycles. The summed E-state index contributed by atoms with van der Waals surface area (Å²) in [6.07, 6.45) is 3.37. The molecule has 0 bridgehead atoms. The maximum absolute atomic E-state index is 8.76. The molecule has 0 fully saturated rings. The Labute approximate surface area is 117 Å². The second-order valence-corrected chi connectivity index (χ2v) is 4.35. The van der Waals surface area contributed by atoms with Gasteiger partial charge >= 0.3 is 0 Å². The smallest absolute Gasteiger partial charge is 0.189 e. The van der Waals surface area contributed by atoms with Crippen molar-refractivity contribution in [3.05, 3.63) is 59.7 Å². The average molecular weight is 271 g/mol. The molecule has 0 spiro atoms. The SMILES string of the molecule is C[C@H](NCc1cccnc1/C(N)=N/O)c1ccccn1. The number of rotatable bonds is 5. The molecular formula is C14H17N5O. The van der Waals surface area contributed by atoms with E-state index < -0.39 is 0 Å². The van der Waals surface area contributed by atoms with Crippen LogP contribution in [0, 0.1) is 0 Å². The molecular weight excluding hydrogens is 254 g/mol. The topological polar surface area (TPSA) is 96.4 Å². The third-order valence-corrected chi connectivity index (χ3v) is 2.97. The molecule has 2 rings (SSSR count). The van der Waals surface area contributed by atoms with Gasteiger partial charge in [-0.25, -0.2) is 0 Å². The molecule has 0 unspecified atom stereocenters. The molecule has 0 aromatic carbocycles. The first-order valence-corrected chi connectivity index (χ1v) is 6.28. The van der Waals surface area contributed by atoms with Gasteiger partial charge in [-0.2, -0.15) is 0 Å². The van der Waals surface area contributed by atoms with Crippen molar-refractivity contribution < 1.29 is 5.21 Å². The van der Waals surface area contributed by atoms with Crippen molar-refractivity contribution in [3.63, 3.8) is 0 Å². The summed E-state index contributed by atoms with van der Waals surface area (Å²) < 4.78 is 0. The molecule has 0 radical (unpaired) electrons. The Hall–Kier alpha value is -2.47. The van der Waals surface area contributed by atoms with Gasteiger partial charge in [0.25, 0.3) is 0 Å². The number of hydrogen-bond acceptors (Lipinski definition) is 5. The van der Waals surface area contributed by atoms with Gasteiger partial charge in [0.1, 0.15) is 5.69 Å². The van der Waals surface area contributed by atoms with Gasteiger partial charge in [0.15, 0.2) is 5.84 Å².